The maximum absolute atomic E-state index is 13.6. The van der Waals surface area contributed by atoms with Gasteiger partial charge in [0.1, 0.15) is 11.4 Å². The quantitative estimate of drug-likeness (QED) is 0.748. The minimum Gasteiger partial charge on any atom is -0.444 e. The molecule has 2 fully saturated rings. The van der Waals surface area contributed by atoms with E-state index in [9.17, 15) is 19.2 Å². The van der Waals surface area contributed by atoms with Gasteiger partial charge in [0.2, 0.25) is 0 Å². The average Bonchev–Trinajstić information content (AvgIpc) is 2.83. The number of carbonyl (C=O) groups excluding carboxylic acids is 2. The maximum Gasteiger partial charge on any atom is 0.410 e. The molecule has 0 radical (unpaired) electrons. The number of piperidine rings is 1. The predicted octanol–water partition coefficient (Wildman–Crippen LogP) is 4.06. The summed E-state index contributed by atoms with van der Waals surface area (Å²) in [4.78, 5) is 27.2. The molecular formula is C20H23FN2O3. The number of amides is 1. The highest BCUT2D eigenvalue weighted by Gasteiger charge is 2.46. The van der Waals surface area contributed by atoms with E-state index in [1.54, 1.807) is 4.90 Å². The molecule has 3 rings (SSSR count). The monoisotopic (exact) mass is 358 g/mol. The van der Waals surface area contributed by atoms with E-state index in [0.717, 1.165) is 18.9 Å². The smallest absolute Gasteiger partial charge is 0.410 e. The fraction of sp³-hybridized carbons (Fsp3) is 0.550. The summed E-state index contributed by atoms with van der Waals surface area (Å²) in [5.74, 6) is -1.04. The van der Waals surface area contributed by atoms with Crippen molar-refractivity contribution in [2.24, 2.45) is 5.92 Å². The summed E-state index contributed by atoms with van der Waals surface area (Å²) in [6.07, 6.45) is 2.38. The lowest BCUT2D eigenvalue weighted by atomic mass is 9.84. The molecule has 1 aromatic carbocycles. The Morgan fingerprint density at radius 2 is 1.85 bits per heavy atom. The molecule has 2 aliphatic rings. The molecular weight excluding hydrogens is 335 g/mol. The van der Waals surface area contributed by atoms with Gasteiger partial charge in [-0.25, -0.2) is 9.18 Å². The Labute approximate surface area is 152 Å². The zero-order valence-corrected chi connectivity index (χ0v) is 15.3. The van der Waals surface area contributed by atoms with Gasteiger partial charge in [-0.1, -0.05) is 0 Å². The molecule has 2 heterocycles. The van der Waals surface area contributed by atoms with E-state index >= 15 is 0 Å². The number of ketones is 1. The van der Waals surface area contributed by atoms with Crippen molar-refractivity contribution >= 4 is 11.9 Å². The highest BCUT2D eigenvalue weighted by molar-refractivity contribution is 6.00. The van der Waals surface area contributed by atoms with E-state index in [1.807, 2.05) is 26.8 Å². The van der Waals surface area contributed by atoms with Crippen molar-refractivity contribution in [2.45, 2.75) is 64.1 Å². The minimum absolute atomic E-state index is 0.0448. The molecule has 5 nitrogen and oxygen atoms in total. The number of benzene rings is 1. The fourth-order valence-corrected chi connectivity index (χ4v) is 4.04. The summed E-state index contributed by atoms with van der Waals surface area (Å²) >= 11 is 0. The average molecular weight is 358 g/mol. The predicted molar refractivity (Wildman–Crippen MR) is 93.1 cm³/mol. The van der Waals surface area contributed by atoms with Crippen molar-refractivity contribution in [3.8, 4) is 6.07 Å². The number of nitriles is 1. The topological polar surface area (TPSA) is 70.4 Å². The number of fused-ring (bicyclic) bond motifs is 2. The molecule has 1 aromatic rings. The number of hydrogen-bond donors (Lipinski definition) is 0. The summed E-state index contributed by atoms with van der Waals surface area (Å²) < 4.78 is 19.1. The first-order chi connectivity index (χ1) is 12.2. The normalized spacial score (nSPS) is 24.9. The van der Waals surface area contributed by atoms with Crippen LogP contribution in [0.15, 0.2) is 18.2 Å². The van der Waals surface area contributed by atoms with Gasteiger partial charge in [0.05, 0.1) is 11.6 Å². The number of halogens is 1. The van der Waals surface area contributed by atoms with Crippen molar-refractivity contribution in [1.82, 2.24) is 4.90 Å². The van der Waals surface area contributed by atoms with Gasteiger partial charge in [-0.2, -0.15) is 5.26 Å². The van der Waals surface area contributed by atoms with Crippen LogP contribution in [-0.2, 0) is 4.74 Å². The molecule has 0 N–H and O–H groups in total. The Kier molecular flexibility index (Phi) is 4.74. The molecule has 0 spiro atoms. The second-order valence-corrected chi connectivity index (χ2v) is 8.11. The Bertz CT molecular complexity index is 764. The SMILES string of the molecule is CC(C)(C)OC(=O)N1C2CCC1CC(C(=O)c1cc(F)ccc1C#N)C2. The lowest BCUT2D eigenvalue weighted by Gasteiger charge is -2.39. The molecule has 2 unspecified atom stereocenters. The Balaban J connectivity index is 1.77. The second kappa shape index (κ2) is 6.71. The zero-order chi connectivity index (χ0) is 19.1. The van der Waals surface area contributed by atoms with Crippen LogP contribution in [0.25, 0.3) is 0 Å². The molecule has 0 aromatic heterocycles. The van der Waals surface area contributed by atoms with Gasteiger partial charge < -0.3 is 9.64 Å². The second-order valence-electron chi connectivity index (χ2n) is 8.11. The molecule has 0 saturated carbocycles. The van der Waals surface area contributed by atoms with E-state index in [2.05, 4.69) is 0 Å². The maximum atomic E-state index is 13.6. The van der Waals surface area contributed by atoms with E-state index < -0.39 is 11.4 Å². The third kappa shape index (κ3) is 3.57. The third-order valence-electron chi connectivity index (χ3n) is 5.08. The van der Waals surface area contributed by atoms with E-state index in [4.69, 9.17) is 4.74 Å². The number of Topliss-reactive ketones (excluding diaryl/α,β-unsaturated/α-hetero) is 1. The Hall–Kier alpha value is -2.42. The highest BCUT2D eigenvalue weighted by Crippen LogP contribution is 2.41. The standard InChI is InChI=1S/C20H23FN2O3/c1-20(2,3)26-19(25)23-15-6-7-16(23)9-13(8-15)18(24)17-10-14(21)5-4-12(17)11-22/h4-5,10,13,15-16H,6-9H2,1-3H3. The molecule has 2 atom stereocenters. The largest absolute Gasteiger partial charge is 0.444 e. The van der Waals surface area contributed by atoms with Crippen LogP contribution < -0.4 is 0 Å². The van der Waals surface area contributed by atoms with Crippen molar-refractivity contribution in [3.05, 3.63) is 35.1 Å². The molecule has 138 valence electrons. The fourth-order valence-electron chi connectivity index (χ4n) is 4.04. The summed E-state index contributed by atoms with van der Waals surface area (Å²) in [5, 5.41) is 9.20. The molecule has 2 bridgehead atoms. The van der Waals surface area contributed by atoms with Crippen LogP contribution in [0, 0.1) is 23.1 Å². The van der Waals surface area contributed by atoms with Crippen LogP contribution in [0.3, 0.4) is 0 Å². The van der Waals surface area contributed by atoms with Crippen LogP contribution >= 0.6 is 0 Å². The van der Waals surface area contributed by atoms with Crippen molar-refractivity contribution in [3.63, 3.8) is 0 Å². The molecule has 2 aliphatic heterocycles. The highest BCUT2D eigenvalue weighted by atomic mass is 19.1. The molecule has 6 heteroatoms. The van der Waals surface area contributed by atoms with Gasteiger partial charge in [-0.15, -0.1) is 0 Å². The summed E-state index contributed by atoms with van der Waals surface area (Å²) in [5.41, 5.74) is -0.229. The molecule has 0 aliphatic carbocycles. The number of nitrogens with zero attached hydrogens (tertiary/aromatic N) is 2. The van der Waals surface area contributed by atoms with Crippen LogP contribution in [-0.4, -0.2) is 34.5 Å². The lowest BCUT2D eigenvalue weighted by molar-refractivity contribution is 0.00254. The first-order valence-electron chi connectivity index (χ1n) is 8.95. The summed E-state index contributed by atoms with van der Waals surface area (Å²) in [7, 11) is 0. The van der Waals surface area contributed by atoms with E-state index in [0.29, 0.717) is 12.8 Å². The van der Waals surface area contributed by atoms with Gasteiger partial charge in [-0.3, -0.25) is 4.79 Å². The van der Waals surface area contributed by atoms with Crippen LogP contribution in [0.5, 0.6) is 0 Å². The zero-order valence-electron chi connectivity index (χ0n) is 15.3. The number of hydrogen-bond acceptors (Lipinski definition) is 4. The lowest BCUT2D eigenvalue weighted by Crippen LogP contribution is -2.49. The Morgan fingerprint density at radius 1 is 1.23 bits per heavy atom. The molecule has 1 amide bonds. The summed E-state index contributed by atoms with van der Waals surface area (Å²) in [6, 6.07) is 5.54. The number of ether oxygens (including phenoxy) is 1. The molecule has 26 heavy (non-hydrogen) atoms. The third-order valence-corrected chi connectivity index (χ3v) is 5.08. The van der Waals surface area contributed by atoms with Crippen molar-refractivity contribution < 1.29 is 18.7 Å². The van der Waals surface area contributed by atoms with Crippen LogP contribution in [0.1, 0.15) is 62.4 Å². The Morgan fingerprint density at radius 3 is 2.38 bits per heavy atom. The van der Waals surface area contributed by atoms with Gasteiger partial charge in [0.25, 0.3) is 0 Å². The van der Waals surface area contributed by atoms with E-state index in [-0.39, 0.29) is 41.0 Å². The van der Waals surface area contributed by atoms with Crippen LogP contribution in [0.2, 0.25) is 0 Å². The van der Waals surface area contributed by atoms with Gasteiger partial charge in [0.15, 0.2) is 5.78 Å². The van der Waals surface area contributed by atoms with Gasteiger partial charge in [0, 0.05) is 23.6 Å². The number of carbonyl (C=O) groups is 2. The van der Waals surface area contributed by atoms with Gasteiger partial charge in [-0.05, 0) is 64.7 Å². The summed E-state index contributed by atoms with van der Waals surface area (Å²) in [6.45, 7) is 5.49. The van der Waals surface area contributed by atoms with E-state index in [1.165, 1.54) is 12.1 Å². The van der Waals surface area contributed by atoms with Gasteiger partial charge >= 0.3 is 6.09 Å². The number of rotatable bonds is 2. The first-order valence-corrected chi connectivity index (χ1v) is 8.95. The molecule has 2 saturated heterocycles. The van der Waals surface area contributed by atoms with Crippen molar-refractivity contribution in [2.75, 3.05) is 0 Å². The van der Waals surface area contributed by atoms with Crippen LogP contribution in [0.4, 0.5) is 9.18 Å². The van der Waals surface area contributed by atoms with Crippen molar-refractivity contribution in [1.29, 1.82) is 5.26 Å². The minimum atomic E-state index is -0.563. The first kappa shape index (κ1) is 18.4.